The molecule has 0 radical (unpaired) electrons. The molecular formula is C14H19FN2O2. The van der Waals surface area contributed by atoms with E-state index in [1.165, 1.54) is 12.1 Å². The van der Waals surface area contributed by atoms with Crippen LogP contribution < -0.4 is 5.32 Å². The minimum Gasteiger partial charge on any atom is -0.389 e. The van der Waals surface area contributed by atoms with Crippen LogP contribution in [0, 0.1) is 12.7 Å². The molecule has 0 aromatic heterocycles. The largest absolute Gasteiger partial charge is 0.389 e. The van der Waals surface area contributed by atoms with Gasteiger partial charge in [0.2, 0.25) is 5.91 Å². The number of nitrogens with zero attached hydrogens (tertiary/aromatic N) is 1. The van der Waals surface area contributed by atoms with E-state index in [1.807, 2.05) is 11.8 Å². The van der Waals surface area contributed by atoms with Gasteiger partial charge in [-0.15, -0.1) is 0 Å². The van der Waals surface area contributed by atoms with Gasteiger partial charge in [-0.1, -0.05) is 6.07 Å². The summed E-state index contributed by atoms with van der Waals surface area (Å²) in [7, 11) is 0. The van der Waals surface area contributed by atoms with Gasteiger partial charge in [-0.25, -0.2) is 4.39 Å². The summed E-state index contributed by atoms with van der Waals surface area (Å²) < 4.78 is 13.1. The number of β-amino-alcohol motifs (C(OH)–C–C–N with tert-alkyl or cyclic N) is 1. The van der Waals surface area contributed by atoms with Crippen LogP contribution in [0.3, 0.4) is 0 Å². The molecular weight excluding hydrogens is 247 g/mol. The number of benzene rings is 1. The van der Waals surface area contributed by atoms with Crippen molar-refractivity contribution in [3.05, 3.63) is 29.6 Å². The molecule has 1 aliphatic heterocycles. The Kier molecular flexibility index (Phi) is 3.87. The molecule has 1 aromatic carbocycles. The van der Waals surface area contributed by atoms with E-state index in [-0.39, 0.29) is 18.3 Å². The number of aryl methyl sites for hydroxylation is 1. The number of likely N-dealkylation sites (tertiary alicyclic amines) is 1. The van der Waals surface area contributed by atoms with Gasteiger partial charge in [-0.05, 0) is 38.0 Å². The molecule has 1 heterocycles. The lowest BCUT2D eigenvalue weighted by Gasteiger charge is -2.18. The molecule has 19 heavy (non-hydrogen) atoms. The molecule has 5 heteroatoms. The van der Waals surface area contributed by atoms with E-state index in [0.29, 0.717) is 25.2 Å². The molecule has 4 nitrogen and oxygen atoms in total. The summed E-state index contributed by atoms with van der Waals surface area (Å²) in [4.78, 5) is 13.8. The summed E-state index contributed by atoms with van der Waals surface area (Å²) in [5.74, 6) is -0.559. The number of nitrogens with one attached hydrogen (secondary N) is 1. The van der Waals surface area contributed by atoms with Gasteiger partial charge in [0.25, 0.3) is 0 Å². The van der Waals surface area contributed by atoms with Gasteiger partial charge in [-0.2, -0.15) is 0 Å². The average molecular weight is 266 g/mol. The highest BCUT2D eigenvalue weighted by Crippen LogP contribution is 2.20. The van der Waals surface area contributed by atoms with Crippen molar-refractivity contribution < 1.29 is 14.3 Å². The number of anilines is 1. The van der Waals surface area contributed by atoms with Gasteiger partial charge < -0.3 is 10.4 Å². The van der Waals surface area contributed by atoms with Crippen LogP contribution in [0.5, 0.6) is 0 Å². The fourth-order valence-corrected chi connectivity index (χ4v) is 2.30. The first-order valence-corrected chi connectivity index (χ1v) is 6.36. The molecule has 1 atom stereocenters. The highest BCUT2D eigenvalue weighted by Gasteiger charge is 2.31. The maximum atomic E-state index is 13.1. The maximum absolute atomic E-state index is 13.1. The van der Waals surface area contributed by atoms with E-state index < -0.39 is 5.60 Å². The molecule has 104 valence electrons. The Morgan fingerprint density at radius 2 is 2.32 bits per heavy atom. The number of aliphatic hydroxyl groups is 1. The topological polar surface area (TPSA) is 52.6 Å². The van der Waals surface area contributed by atoms with Crippen LogP contribution in [-0.2, 0) is 4.79 Å². The quantitative estimate of drug-likeness (QED) is 0.872. The highest BCUT2D eigenvalue weighted by molar-refractivity contribution is 5.93. The third-order valence-corrected chi connectivity index (χ3v) is 3.37. The second-order valence-corrected chi connectivity index (χ2v) is 5.47. The molecule has 1 unspecified atom stereocenters. The number of carbonyl (C=O) groups is 1. The van der Waals surface area contributed by atoms with Crippen molar-refractivity contribution in [1.29, 1.82) is 0 Å². The molecule has 0 saturated carbocycles. The van der Waals surface area contributed by atoms with E-state index in [2.05, 4.69) is 5.32 Å². The first kappa shape index (κ1) is 14.0. The second kappa shape index (κ2) is 5.27. The van der Waals surface area contributed by atoms with Gasteiger partial charge in [0.15, 0.2) is 0 Å². The Bertz CT molecular complexity index is 488. The Morgan fingerprint density at radius 1 is 1.58 bits per heavy atom. The molecule has 1 fully saturated rings. The number of hydrogen-bond donors (Lipinski definition) is 2. The minimum atomic E-state index is -0.713. The molecule has 1 aromatic rings. The lowest BCUT2D eigenvalue weighted by Crippen LogP contribution is -2.35. The van der Waals surface area contributed by atoms with Crippen molar-refractivity contribution in [2.24, 2.45) is 0 Å². The van der Waals surface area contributed by atoms with Crippen LogP contribution in [0.25, 0.3) is 0 Å². The van der Waals surface area contributed by atoms with Crippen LogP contribution in [0.2, 0.25) is 0 Å². The fraction of sp³-hybridized carbons (Fsp3) is 0.500. The Labute approximate surface area is 112 Å². The van der Waals surface area contributed by atoms with Crippen molar-refractivity contribution >= 4 is 11.6 Å². The van der Waals surface area contributed by atoms with E-state index >= 15 is 0 Å². The molecule has 0 bridgehead atoms. The van der Waals surface area contributed by atoms with Crippen molar-refractivity contribution in [1.82, 2.24) is 4.90 Å². The zero-order valence-electron chi connectivity index (χ0n) is 11.2. The monoisotopic (exact) mass is 266 g/mol. The standard InChI is InChI=1S/C14H19FN2O2/c1-10-3-4-11(15)7-12(10)16-13(18)8-17-6-5-14(2,19)9-17/h3-4,7,19H,5-6,8-9H2,1-2H3,(H,16,18). The molecule has 1 aliphatic rings. The molecule has 0 aliphatic carbocycles. The van der Waals surface area contributed by atoms with Gasteiger partial charge in [-0.3, -0.25) is 9.69 Å². The van der Waals surface area contributed by atoms with Crippen molar-refractivity contribution in [2.75, 3.05) is 25.0 Å². The summed E-state index contributed by atoms with van der Waals surface area (Å²) in [6.45, 7) is 4.98. The van der Waals surface area contributed by atoms with Gasteiger partial charge >= 0.3 is 0 Å². The number of hydrogen-bond acceptors (Lipinski definition) is 3. The Balaban J connectivity index is 1.93. The summed E-state index contributed by atoms with van der Waals surface area (Å²) >= 11 is 0. The summed E-state index contributed by atoms with van der Waals surface area (Å²) in [5.41, 5.74) is 0.605. The van der Waals surface area contributed by atoms with Gasteiger partial charge in [0, 0.05) is 18.8 Å². The maximum Gasteiger partial charge on any atom is 0.238 e. The average Bonchev–Trinajstić information content (AvgIpc) is 2.63. The number of halogens is 1. The molecule has 1 amide bonds. The predicted octanol–water partition coefficient (Wildman–Crippen LogP) is 1.53. The summed E-state index contributed by atoms with van der Waals surface area (Å²) in [6, 6.07) is 4.31. The lowest BCUT2D eigenvalue weighted by atomic mass is 10.1. The predicted molar refractivity (Wildman–Crippen MR) is 71.4 cm³/mol. The van der Waals surface area contributed by atoms with E-state index in [0.717, 1.165) is 5.56 Å². The van der Waals surface area contributed by atoms with Crippen molar-refractivity contribution in [3.8, 4) is 0 Å². The van der Waals surface area contributed by atoms with Crippen molar-refractivity contribution in [3.63, 3.8) is 0 Å². The van der Waals surface area contributed by atoms with Crippen LogP contribution in [0.15, 0.2) is 18.2 Å². The first-order chi connectivity index (χ1) is 8.85. The molecule has 1 saturated heterocycles. The van der Waals surface area contributed by atoms with E-state index in [4.69, 9.17) is 0 Å². The third-order valence-electron chi connectivity index (χ3n) is 3.37. The van der Waals surface area contributed by atoms with Crippen LogP contribution in [-0.4, -0.2) is 41.1 Å². The van der Waals surface area contributed by atoms with E-state index in [1.54, 1.807) is 13.0 Å². The zero-order chi connectivity index (χ0) is 14.0. The highest BCUT2D eigenvalue weighted by atomic mass is 19.1. The smallest absolute Gasteiger partial charge is 0.238 e. The fourth-order valence-electron chi connectivity index (χ4n) is 2.30. The number of carbonyl (C=O) groups excluding carboxylic acids is 1. The second-order valence-electron chi connectivity index (χ2n) is 5.47. The van der Waals surface area contributed by atoms with E-state index in [9.17, 15) is 14.3 Å². The lowest BCUT2D eigenvalue weighted by molar-refractivity contribution is -0.117. The SMILES string of the molecule is Cc1ccc(F)cc1NC(=O)CN1CCC(C)(O)C1. The molecule has 2 rings (SSSR count). The van der Waals surface area contributed by atoms with Gasteiger partial charge in [0.1, 0.15) is 5.82 Å². The molecule has 2 N–H and O–H groups in total. The van der Waals surface area contributed by atoms with Crippen LogP contribution in [0.4, 0.5) is 10.1 Å². The normalized spacial score (nSPS) is 23.6. The van der Waals surface area contributed by atoms with Gasteiger partial charge in [0.05, 0.1) is 12.1 Å². The zero-order valence-corrected chi connectivity index (χ0v) is 11.2. The summed E-state index contributed by atoms with van der Waals surface area (Å²) in [5, 5.41) is 12.5. The third kappa shape index (κ3) is 3.75. The first-order valence-electron chi connectivity index (χ1n) is 6.36. The number of amides is 1. The summed E-state index contributed by atoms with van der Waals surface area (Å²) in [6.07, 6.45) is 0.666. The molecule has 0 spiro atoms. The Hall–Kier alpha value is -1.46. The minimum absolute atomic E-state index is 0.189. The Morgan fingerprint density at radius 3 is 2.95 bits per heavy atom. The van der Waals surface area contributed by atoms with Crippen molar-refractivity contribution in [2.45, 2.75) is 25.9 Å². The number of rotatable bonds is 3. The van der Waals surface area contributed by atoms with Crippen LogP contribution >= 0.6 is 0 Å². The van der Waals surface area contributed by atoms with Crippen LogP contribution in [0.1, 0.15) is 18.9 Å².